The van der Waals surface area contributed by atoms with Gasteiger partial charge in [-0.2, -0.15) is 10.4 Å². The van der Waals surface area contributed by atoms with E-state index >= 15 is 0 Å². The van der Waals surface area contributed by atoms with Crippen molar-refractivity contribution in [2.24, 2.45) is 10.2 Å². The highest BCUT2D eigenvalue weighted by Crippen LogP contribution is 2.26. The largest absolute Gasteiger partial charge is 0.494 e. The Balaban J connectivity index is 2.52. The Morgan fingerprint density at radius 3 is 2.57 bits per heavy atom. The lowest BCUT2D eigenvalue weighted by Crippen LogP contribution is -2.08. The minimum absolute atomic E-state index is 0.0100. The smallest absolute Gasteiger partial charge is 0.278 e. The number of hydrogen-bond donors (Lipinski definition) is 2. The molecule has 1 aromatic carbocycles. The molecule has 0 saturated heterocycles. The molecule has 0 radical (unpaired) electrons. The van der Waals surface area contributed by atoms with Crippen LogP contribution in [0.2, 0.25) is 0 Å². The Labute approximate surface area is 121 Å². The van der Waals surface area contributed by atoms with Gasteiger partial charge in [-0.1, -0.05) is 17.7 Å². The van der Waals surface area contributed by atoms with Gasteiger partial charge in [0.25, 0.3) is 5.56 Å². The van der Waals surface area contributed by atoms with Crippen LogP contribution in [-0.2, 0) is 0 Å². The van der Waals surface area contributed by atoms with Crippen molar-refractivity contribution in [3.8, 4) is 11.9 Å². The molecule has 21 heavy (non-hydrogen) atoms. The molecule has 2 aromatic rings. The van der Waals surface area contributed by atoms with Crippen LogP contribution in [0.1, 0.15) is 22.3 Å². The van der Waals surface area contributed by atoms with E-state index in [-0.39, 0.29) is 11.3 Å². The second-order valence-electron chi connectivity index (χ2n) is 4.75. The molecule has 0 fully saturated rings. The number of aromatic hydroxyl groups is 1. The van der Waals surface area contributed by atoms with Crippen molar-refractivity contribution in [2.45, 2.75) is 20.8 Å². The Morgan fingerprint density at radius 1 is 1.24 bits per heavy atom. The Bertz CT molecular complexity index is 829. The van der Waals surface area contributed by atoms with Gasteiger partial charge >= 0.3 is 0 Å². The first kappa shape index (κ1) is 14.5. The van der Waals surface area contributed by atoms with Gasteiger partial charge in [0.15, 0.2) is 5.69 Å². The van der Waals surface area contributed by atoms with E-state index in [2.05, 4.69) is 15.2 Å². The number of azo groups is 1. The first-order valence-corrected chi connectivity index (χ1v) is 6.29. The van der Waals surface area contributed by atoms with E-state index in [1.165, 1.54) is 0 Å². The maximum absolute atomic E-state index is 11.8. The molecule has 0 bridgehead atoms. The molecule has 1 heterocycles. The maximum atomic E-state index is 11.8. The molecule has 0 spiro atoms. The molecule has 0 aliphatic carbocycles. The lowest BCUT2D eigenvalue weighted by atomic mass is 10.1. The van der Waals surface area contributed by atoms with Crippen LogP contribution in [0.25, 0.3) is 0 Å². The third-order valence-electron chi connectivity index (χ3n) is 3.14. The normalized spacial score (nSPS) is 10.8. The Hall–Kier alpha value is -2.94. The standard InChI is InChI=1S/C15H14N4O2/c1-8-4-5-12(9(2)6-8)18-19-13-10(3)11(7-16)14(20)17-15(13)21/h4-6H,1-3H3,(H2,17,20,21). The van der Waals surface area contributed by atoms with Crippen LogP contribution in [0.15, 0.2) is 33.2 Å². The zero-order chi connectivity index (χ0) is 15.6. The van der Waals surface area contributed by atoms with Gasteiger partial charge in [0.2, 0.25) is 5.88 Å². The van der Waals surface area contributed by atoms with Crippen molar-refractivity contribution in [2.75, 3.05) is 0 Å². The quantitative estimate of drug-likeness (QED) is 0.826. The predicted molar refractivity (Wildman–Crippen MR) is 78.3 cm³/mol. The maximum Gasteiger partial charge on any atom is 0.278 e. The molecular weight excluding hydrogens is 268 g/mol. The number of aryl methyl sites for hydroxylation is 2. The van der Waals surface area contributed by atoms with Gasteiger partial charge in [0, 0.05) is 5.56 Å². The lowest BCUT2D eigenvalue weighted by Gasteiger charge is -2.03. The number of aromatic nitrogens is 1. The molecular formula is C15H14N4O2. The second-order valence-corrected chi connectivity index (χ2v) is 4.75. The van der Waals surface area contributed by atoms with Crippen molar-refractivity contribution in [1.82, 2.24) is 4.98 Å². The summed E-state index contributed by atoms with van der Waals surface area (Å²) in [6.45, 7) is 5.42. The number of H-pyrrole nitrogens is 1. The third-order valence-corrected chi connectivity index (χ3v) is 3.14. The van der Waals surface area contributed by atoms with Crippen molar-refractivity contribution in [3.63, 3.8) is 0 Å². The summed E-state index contributed by atoms with van der Waals surface area (Å²) in [7, 11) is 0. The molecule has 2 rings (SSSR count). The first-order chi connectivity index (χ1) is 9.93. The summed E-state index contributed by atoms with van der Waals surface area (Å²) in [5, 5.41) is 26.5. The van der Waals surface area contributed by atoms with Gasteiger partial charge in [0.1, 0.15) is 11.6 Å². The minimum atomic E-state index is -0.586. The van der Waals surface area contributed by atoms with Crippen molar-refractivity contribution in [1.29, 1.82) is 5.26 Å². The molecule has 1 aromatic heterocycles. The van der Waals surface area contributed by atoms with E-state index in [4.69, 9.17) is 5.26 Å². The zero-order valence-corrected chi connectivity index (χ0v) is 11.9. The summed E-state index contributed by atoms with van der Waals surface area (Å²) in [4.78, 5) is 14.0. The Kier molecular flexibility index (Phi) is 3.85. The van der Waals surface area contributed by atoms with Gasteiger partial charge in [-0.15, -0.1) is 5.11 Å². The average molecular weight is 282 g/mol. The highest BCUT2D eigenvalue weighted by molar-refractivity contribution is 5.56. The summed E-state index contributed by atoms with van der Waals surface area (Å²) >= 11 is 0. The van der Waals surface area contributed by atoms with Crippen LogP contribution >= 0.6 is 0 Å². The topological polar surface area (TPSA) is 102 Å². The van der Waals surface area contributed by atoms with Crippen molar-refractivity contribution >= 4 is 11.4 Å². The van der Waals surface area contributed by atoms with Crippen LogP contribution < -0.4 is 5.56 Å². The molecule has 6 heteroatoms. The number of nitrogens with one attached hydrogen (secondary N) is 1. The number of aromatic amines is 1. The van der Waals surface area contributed by atoms with Gasteiger partial charge < -0.3 is 5.11 Å². The minimum Gasteiger partial charge on any atom is -0.494 e. The highest BCUT2D eigenvalue weighted by Gasteiger charge is 2.13. The number of rotatable bonds is 2. The monoisotopic (exact) mass is 282 g/mol. The molecule has 0 saturated carbocycles. The number of hydrogen-bond acceptors (Lipinski definition) is 5. The van der Waals surface area contributed by atoms with Crippen molar-refractivity contribution in [3.05, 3.63) is 50.8 Å². The fourth-order valence-electron chi connectivity index (χ4n) is 1.97. The van der Waals surface area contributed by atoms with E-state index < -0.39 is 11.4 Å². The van der Waals surface area contributed by atoms with Crippen LogP contribution in [0.3, 0.4) is 0 Å². The van der Waals surface area contributed by atoms with E-state index in [1.54, 1.807) is 6.92 Å². The summed E-state index contributed by atoms with van der Waals surface area (Å²) < 4.78 is 0. The molecule has 0 aliphatic heterocycles. The van der Waals surface area contributed by atoms with E-state index in [0.717, 1.165) is 11.1 Å². The highest BCUT2D eigenvalue weighted by atomic mass is 16.3. The average Bonchev–Trinajstić information content (AvgIpc) is 2.40. The van der Waals surface area contributed by atoms with E-state index in [0.29, 0.717) is 11.3 Å². The summed E-state index contributed by atoms with van der Waals surface area (Å²) in [6, 6.07) is 7.50. The lowest BCUT2D eigenvalue weighted by molar-refractivity contribution is 0.449. The number of benzene rings is 1. The van der Waals surface area contributed by atoms with Gasteiger partial charge in [-0.3, -0.25) is 9.78 Å². The number of nitriles is 1. The van der Waals surface area contributed by atoms with Crippen LogP contribution in [0, 0.1) is 32.1 Å². The summed E-state index contributed by atoms with van der Waals surface area (Å²) in [6.07, 6.45) is 0. The van der Waals surface area contributed by atoms with Crippen LogP contribution in [0.5, 0.6) is 5.88 Å². The second kappa shape index (κ2) is 5.59. The van der Waals surface area contributed by atoms with Gasteiger partial charge in [-0.05, 0) is 32.4 Å². The molecule has 0 atom stereocenters. The van der Waals surface area contributed by atoms with Crippen LogP contribution in [-0.4, -0.2) is 10.1 Å². The third kappa shape index (κ3) is 2.82. The predicted octanol–water partition coefficient (Wildman–Crippen LogP) is 3.29. The zero-order valence-electron chi connectivity index (χ0n) is 11.9. The van der Waals surface area contributed by atoms with Crippen LogP contribution in [0.4, 0.5) is 11.4 Å². The molecule has 106 valence electrons. The number of nitrogens with zero attached hydrogens (tertiary/aromatic N) is 3. The first-order valence-electron chi connectivity index (χ1n) is 6.29. The van der Waals surface area contributed by atoms with E-state index in [1.807, 2.05) is 38.1 Å². The van der Waals surface area contributed by atoms with E-state index in [9.17, 15) is 9.90 Å². The summed E-state index contributed by atoms with van der Waals surface area (Å²) in [5.74, 6) is -0.453. The van der Waals surface area contributed by atoms with Gasteiger partial charge in [-0.25, -0.2) is 0 Å². The Morgan fingerprint density at radius 2 is 1.95 bits per heavy atom. The molecule has 6 nitrogen and oxygen atoms in total. The fourth-order valence-corrected chi connectivity index (χ4v) is 1.97. The summed E-state index contributed by atoms with van der Waals surface area (Å²) in [5.41, 5.74) is 2.41. The van der Waals surface area contributed by atoms with Gasteiger partial charge in [0.05, 0.1) is 5.69 Å². The number of pyridine rings is 1. The SMILES string of the molecule is Cc1ccc(N=Nc2c(C)c(C#N)c(O)[nH]c2=O)c(C)c1. The molecule has 2 N–H and O–H groups in total. The molecule has 0 unspecified atom stereocenters. The molecule has 0 aliphatic rings. The van der Waals surface area contributed by atoms with Crippen molar-refractivity contribution < 1.29 is 5.11 Å². The fraction of sp³-hybridized carbons (Fsp3) is 0.200. The molecule has 0 amide bonds.